The molecule has 2 aromatic heterocycles. The van der Waals surface area contributed by atoms with Crippen molar-refractivity contribution in [2.24, 2.45) is 0 Å². The lowest BCUT2D eigenvalue weighted by Crippen LogP contribution is -2.41. The quantitative estimate of drug-likeness (QED) is 0.611. The van der Waals surface area contributed by atoms with Gasteiger partial charge >= 0.3 is 0 Å². The Balaban J connectivity index is 1.38. The van der Waals surface area contributed by atoms with Crippen molar-refractivity contribution in [3.8, 4) is 5.69 Å². The van der Waals surface area contributed by atoms with E-state index in [9.17, 15) is 9.59 Å². The Kier molecular flexibility index (Phi) is 6.06. The molecular weight excluding hydrogens is 414 g/mol. The molecule has 0 radical (unpaired) electrons. The van der Waals surface area contributed by atoms with Gasteiger partial charge in [-0.15, -0.1) is 0 Å². The normalized spacial score (nSPS) is 13.8. The number of carbonyl (C=O) groups is 2. The number of anilines is 1. The van der Waals surface area contributed by atoms with E-state index in [1.807, 2.05) is 26.0 Å². The maximum Gasteiger partial charge on any atom is 0.281 e. The topological polar surface area (TPSA) is 88.5 Å². The lowest BCUT2D eigenvalue weighted by Gasteiger charge is -2.25. The summed E-state index contributed by atoms with van der Waals surface area (Å²) >= 11 is 1.32. The van der Waals surface area contributed by atoms with Gasteiger partial charge in [0.15, 0.2) is 5.13 Å². The van der Waals surface area contributed by atoms with E-state index in [0.29, 0.717) is 29.3 Å². The van der Waals surface area contributed by atoms with E-state index in [4.69, 9.17) is 4.74 Å². The van der Waals surface area contributed by atoms with Gasteiger partial charge in [-0.1, -0.05) is 11.3 Å². The maximum absolute atomic E-state index is 12.6. The fraction of sp³-hybridized carbons (Fsp3) is 0.318. The largest absolute Gasteiger partial charge is 0.378 e. The van der Waals surface area contributed by atoms with E-state index < -0.39 is 0 Å². The zero-order valence-electron chi connectivity index (χ0n) is 17.8. The van der Waals surface area contributed by atoms with Gasteiger partial charge in [-0.2, -0.15) is 0 Å². The smallest absolute Gasteiger partial charge is 0.281 e. The summed E-state index contributed by atoms with van der Waals surface area (Å²) in [7, 11) is 0. The first-order chi connectivity index (χ1) is 14.9. The third-order valence-corrected chi connectivity index (χ3v) is 6.44. The van der Waals surface area contributed by atoms with Crippen molar-refractivity contribution in [1.82, 2.24) is 20.4 Å². The van der Waals surface area contributed by atoms with Crippen molar-refractivity contribution in [2.75, 3.05) is 31.2 Å². The zero-order valence-corrected chi connectivity index (χ0v) is 18.6. The number of aryl methyl sites for hydroxylation is 3. The minimum atomic E-state index is -0.378. The molecule has 1 aliphatic heterocycles. The molecule has 2 N–H and O–H groups in total. The molecule has 0 spiro atoms. The number of aromatic nitrogens is 2. The number of nitrogens with zero attached hydrogens (tertiary/aromatic N) is 3. The Morgan fingerprint density at radius 2 is 1.55 bits per heavy atom. The van der Waals surface area contributed by atoms with Crippen LogP contribution in [0.4, 0.5) is 5.13 Å². The first-order valence-corrected chi connectivity index (χ1v) is 10.9. The highest BCUT2D eigenvalue weighted by Crippen LogP contribution is 2.26. The number of hydrazine groups is 1. The van der Waals surface area contributed by atoms with E-state index >= 15 is 0 Å². The predicted molar refractivity (Wildman–Crippen MR) is 120 cm³/mol. The monoisotopic (exact) mass is 439 g/mol. The molecule has 0 aliphatic carbocycles. The van der Waals surface area contributed by atoms with Crippen LogP contribution in [0.2, 0.25) is 0 Å². The van der Waals surface area contributed by atoms with Gasteiger partial charge < -0.3 is 14.2 Å². The molecule has 4 rings (SSSR count). The SMILES string of the molecule is Cc1nc(N2CCOCC2)sc1C(=O)NNC(=O)c1ccc(-n2c(C)ccc2C)cc1. The predicted octanol–water partition coefficient (Wildman–Crippen LogP) is 2.77. The van der Waals surface area contributed by atoms with Crippen molar-refractivity contribution in [3.63, 3.8) is 0 Å². The van der Waals surface area contributed by atoms with Crippen LogP contribution in [-0.2, 0) is 4.74 Å². The van der Waals surface area contributed by atoms with E-state index in [0.717, 1.165) is 35.3 Å². The van der Waals surface area contributed by atoms with Crippen LogP contribution in [-0.4, -0.2) is 47.7 Å². The fourth-order valence-corrected chi connectivity index (χ4v) is 4.58. The number of nitrogens with one attached hydrogen (secondary N) is 2. The lowest BCUT2D eigenvalue weighted by molar-refractivity contribution is 0.0848. The lowest BCUT2D eigenvalue weighted by atomic mass is 10.2. The van der Waals surface area contributed by atoms with Gasteiger partial charge in [-0.05, 0) is 57.2 Å². The summed E-state index contributed by atoms with van der Waals surface area (Å²) < 4.78 is 7.47. The third kappa shape index (κ3) is 4.47. The molecule has 0 unspecified atom stereocenters. The van der Waals surface area contributed by atoms with Crippen molar-refractivity contribution >= 4 is 28.3 Å². The minimum Gasteiger partial charge on any atom is -0.378 e. The second-order valence-electron chi connectivity index (χ2n) is 7.42. The Bertz CT molecular complexity index is 1080. The van der Waals surface area contributed by atoms with E-state index in [-0.39, 0.29) is 11.8 Å². The highest BCUT2D eigenvalue weighted by molar-refractivity contribution is 7.17. The third-order valence-electron chi connectivity index (χ3n) is 5.22. The van der Waals surface area contributed by atoms with Crippen LogP contribution >= 0.6 is 11.3 Å². The highest BCUT2D eigenvalue weighted by atomic mass is 32.1. The van der Waals surface area contributed by atoms with Gasteiger partial charge in [0.25, 0.3) is 11.8 Å². The molecule has 8 nitrogen and oxygen atoms in total. The van der Waals surface area contributed by atoms with Crippen LogP contribution in [0.25, 0.3) is 5.69 Å². The van der Waals surface area contributed by atoms with Crippen LogP contribution in [0.5, 0.6) is 0 Å². The Hall–Kier alpha value is -3.17. The number of amides is 2. The molecule has 2 amide bonds. The molecule has 162 valence electrons. The molecule has 3 heterocycles. The Morgan fingerprint density at radius 1 is 0.935 bits per heavy atom. The summed E-state index contributed by atoms with van der Waals surface area (Å²) in [6, 6.07) is 11.4. The molecule has 0 bridgehead atoms. The van der Waals surface area contributed by atoms with E-state index in [1.54, 1.807) is 19.1 Å². The molecule has 0 atom stereocenters. The zero-order chi connectivity index (χ0) is 22.0. The van der Waals surface area contributed by atoms with E-state index in [2.05, 4.69) is 37.4 Å². The second kappa shape index (κ2) is 8.91. The first kappa shape index (κ1) is 21.1. The molecule has 1 saturated heterocycles. The average molecular weight is 440 g/mol. The molecule has 31 heavy (non-hydrogen) atoms. The Labute approximate surface area is 184 Å². The number of thiazole rings is 1. The van der Waals surface area contributed by atoms with Crippen LogP contribution in [0.1, 0.15) is 37.1 Å². The van der Waals surface area contributed by atoms with Crippen LogP contribution < -0.4 is 15.8 Å². The van der Waals surface area contributed by atoms with Gasteiger partial charge in [-0.25, -0.2) is 4.98 Å². The molecule has 0 saturated carbocycles. The number of hydrogen-bond acceptors (Lipinski definition) is 6. The van der Waals surface area contributed by atoms with Gasteiger partial charge in [0.2, 0.25) is 0 Å². The average Bonchev–Trinajstić information content (AvgIpc) is 3.34. The highest BCUT2D eigenvalue weighted by Gasteiger charge is 2.21. The first-order valence-electron chi connectivity index (χ1n) is 10.1. The van der Waals surface area contributed by atoms with E-state index in [1.165, 1.54) is 11.3 Å². The summed E-state index contributed by atoms with van der Waals surface area (Å²) in [5, 5.41) is 0.795. The molecule has 1 aliphatic rings. The van der Waals surface area contributed by atoms with Crippen molar-refractivity contribution in [2.45, 2.75) is 20.8 Å². The number of ether oxygens (including phenoxy) is 1. The fourth-order valence-electron chi connectivity index (χ4n) is 3.56. The molecule has 9 heteroatoms. The summed E-state index contributed by atoms with van der Waals surface area (Å²) in [5.74, 6) is -0.755. The molecule has 3 aromatic rings. The number of benzene rings is 1. The summed E-state index contributed by atoms with van der Waals surface area (Å²) in [6.07, 6.45) is 0. The van der Waals surface area contributed by atoms with Crippen molar-refractivity contribution < 1.29 is 14.3 Å². The minimum absolute atomic E-state index is 0.377. The summed E-state index contributed by atoms with van der Waals surface area (Å²) in [4.78, 5) is 32.1. The van der Waals surface area contributed by atoms with Gasteiger partial charge in [0, 0.05) is 35.7 Å². The van der Waals surface area contributed by atoms with Crippen molar-refractivity contribution in [1.29, 1.82) is 0 Å². The van der Waals surface area contributed by atoms with Crippen molar-refractivity contribution in [3.05, 3.63) is 63.9 Å². The molecule has 1 fully saturated rings. The standard InChI is InChI=1S/C22H25N5O3S/c1-14-4-5-15(2)27(14)18-8-6-17(7-9-18)20(28)24-25-21(29)19-16(3)23-22(31-19)26-10-12-30-13-11-26/h4-9H,10-13H2,1-3H3,(H,24,28)(H,25,29). The number of rotatable bonds is 4. The van der Waals surface area contributed by atoms with Crippen LogP contribution in [0.3, 0.4) is 0 Å². The van der Waals surface area contributed by atoms with Gasteiger partial charge in [0.1, 0.15) is 4.88 Å². The number of carbonyl (C=O) groups excluding carboxylic acids is 2. The van der Waals surface area contributed by atoms with Gasteiger partial charge in [-0.3, -0.25) is 20.4 Å². The summed E-state index contributed by atoms with van der Waals surface area (Å²) in [5.41, 5.74) is 9.32. The molecule has 1 aromatic carbocycles. The van der Waals surface area contributed by atoms with Crippen LogP contribution in [0.15, 0.2) is 36.4 Å². The molecular formula is C22H25N5O3S. The second-order valence-corrected chi connectivity index (χ2v) is 8.39. The van der Waals surface area contributed by atoms with Gasteiger partial charge in [0.05, 0.1) is 18.9 Å². The maximum atomic E-state index is 12.6. The van der Waals surface area contributed by atoms with Crippen LogP contribution in [0, 0.1) is 20.8 Å². The number of morpholine rings is 1. The number of hydrogen-bond donors (Lipinski definition) is 2. The summed E-state index contributed by atoms with van der Waals surface area (Å²) in [6.45, 7) is 8.67. The Morgan fingerprint density at radius 3 is 2.19 bits per heavy atom.